The first kappa shape index (κ1) is 18.0. The second-order valence-electron chi connectivity index (χ2n) is 7.90. The molecule has 0 amide bonds. The lowest BCUT2D eigenvalue weighted by molar-refractivity contribution is 0.0574. The number of rotatable bonds is 6. The molecule has 0 aromatic heterocycles. The van der Waals surface area contributed by atoms with E-state index in [-0.39, 0.29) is 0 Å². The van der Waals surface area contributed by atoms with Crippen LogP contribution in [0.25, 0.3) is 0 Å². The fourth-order valence-electron chi connectivity index (χ4n) is 3.08. The maximum Gasteiger partial charge on any atom is 0.350 e. The van der Waals surface area contributed by atoms with Crippen LogP contribution in [0, 0.1) is 0 Å². The van der Waals surface area contributed by atoms with E-state index in [1.54, 1.807) is 27.7 Å². The van der Waals surface area contributed by atoms with Crippen LogP contribution >= 0.6 is 7.80 Å². The molecule has 0 unspecified atom stereocenters. The van der Waals surface area contributed by atoms with Gasteiger partial charge in [-0.1, -0.05) is 4.57 Å². The summed E-state index contributed by atoms with van der Waals surface area (Å²) in [6, 6.07) is 0. The molecule has 0 aliphatic carbocycles. The van der Waals surface area contributed by atoms with Crippen LogP contribution in [0.1, 0.15) is 68.2 Å². The molecule has 4 heteroatoms. The second kappa shape index (κ2) is 5.19. The molecule has 0 spiro atoms. The van der Waals surface area contributed by atoms with E-state index in [1.165, 1.54) is 0 Å². The molecular weight excluding hydrogens is 247 g/mol. The Kier molecular flexibility index (Phi) is 5.19. The van der Waals surface area contributed by atoms with Crippen molar-refractivity contribution < 1.29 is 14.8 Å². The van der Waals surface area contributed by atoms with Crippen molar-refractivity contribution in [3.05, 3.63) is 0 Å². The van der Waals surface area contributed by atoms with Crippen molar-refractivity contribution >= 4 is 7.80 Å². The molecule has 0 aliphatic heterocycles. The van der Waals surface area contributed by atoms with Crippen molar-refractivity contribution in [1.29, 1.82) is 0 Å². The number of hydrogen-bond acceptors (Lipinski definition) is 3. The molecule has 18 heavy (non-hydrogen) atoms. The van der Waals surface area contributed by atoms with E-state index in [2.05, 4.69) is 0 Å². The molecule has 0 fully saturated rings. The van der Waals surface area contributed by atoms with Crippen molar-refractivity contribution in [1.82, 2.24) is 0 Å². The molecule has 0 bridgehead atoms. The van der Waals surface area contributed by atoms with Gasteiger partial charge in [0, 0.05) is 12.8 Å². The first-order valence-electron chi connectivity index (χ1n) is 6.49. The summed E-state index contributed by atoms with van der Waals surface area (Å²) < 4.78 is 12.8. The zero-order chi connectivity index (χ0) is 15.0. The molecule has 108 valence electrons. The maximum atomic E-state index is 12.8. The number of aliphatic hydroxyl groups is 2. The molecule has 0 atom stereocenters. The minimum atomic E-state index is -1.57. The summed E-state index contributed by atoms with van der Waals surface area (Å²) in [5.41, 5.74) is -1.67. The summed E-state index contributed by atoms with van der Waals surface area (Å²) in [6.07, 6.45) is 0.953. The lowest BCUT2D eigenvalue weighted by Crippen LogP contribution is -2.37. The maximum absolute atomic E-state index is 12.8. The van der Waals surface area contributed by atoms with Gasteiger partial charge in [-0.05, 0) is 55.4 Å². The minimum Gasteiger partial charge on any atom is -0.390 e. The summed E-state index contributed by atoms with van der Waals surface area (Å²) in [7, 11) is -1.57. The van der Waals surface area contributed by atoms with Gasteiger partial charge < -0.3 is 10.2 Å². The Labute approximate surface area is 113 Å². The highest BCUT2D eigenvalue weighted by Gasteiger charge is 2.54. The van der Waals surface area contributed by atoms with Gasteiger partial charge in [-0.3, -0.25) is 0 Å². The van der Waals surface area contributed by atoms with E-state index in [0.717, 1.165) is 0 Å². The predicted octanol–water partition coefficient (Wildman–Crippen LogP) is 3.69. The van der Waals surface area contributed by atoms with Crippen LogP contribution < -0.4 is 0 Å². The minimum absolute atomic E-state index is 0.456. The summed E-state index contributed by atoms with van der Waals surface area (Å²) in [6.45, 7) is 14.7. The molecule has 2 N–H and O–H groups in total. The summed E-state index contributed by atoms with van der Waals surface area (Å²) >= 11 is 0. The fraction of sp³-hybridized carbons (Fsp3) is 1.00. The third-order valence-corrected chi connectivity index (χ3v) is 5.35. The first-order chi connectivity index (χ1) is 7.57. The molecular formula is C14H30O3P+. The van der Waals surface area contributed by atoms with Gasteiger partial charge in [0.2, 0.25) is 0 Å². The van der Waals surface area contributed by atoms with Gasteiger partial charge in [0.25, 0.3) is 0 Å². The Morgan fingerprint density at radius 2 is 0.944 bits per heavy atom. The zero-order valence-electron chi connectivity index (χ0n) is 13.2. The van der Waals surface area contributed by atoms with Crippen molar-refractivity contribution in [2.45, 2.75) is 89.7 Å². The van der Waals surface area contributed by atoms with Crippen LogP contribution in [0.15, 0.2) is 0 Å². The monoisotopic (exact) mass is 277 g/mol. The van der Waals surface area contributed by atoms with E-state index >= 15 is 0 Å². The Morgan fingerprint density at radius 3 is 1.11 bits per heavy atom. The highest BCUT2D eigenvalue weighted by atomic mass is 31.1. The van der Waals surface area contributed by atoms with E-state index < -0.39 is 29.3 Å². The van der Waals surface area contributed by atoms with Crippen molar-refractivity contribution in [3.63, 3.8) is 0 Å². The molecule has 0 aromatic rings. The topological polar surface area (TPSA) is 57.5 Å². The quantitative estimate of drug-likeness (QED) is 0.728. The van der Waals surface area contributed by atoms with Gasteiger partial charge in [-0.2, -0.15) is 0 Å². The lowest BCUT2D eigenvalue weighted by Gasteiger charge is -2.30. The normalized spacial score (nSPS) is 14.8. The van der Waals surface area contributed by atoms with Gasteiger partial charge in [-0.15, -0.1) is 0 Å². The molecule has 0 aromatic carbocycles. The SMILES string of the molecule is CC(C)(O)CC(C)(C)[P+](=O)C(C)(C)CC(C)(C)O. The van der Waals surface area contributed by atoms with Gasteiger partial charge in [0.15, 0.2) is 10.3 Å². The van der Waals surface area contributed by atoms with E-state index in [1.807, 2.05) is 27.7 Å². The van der Waals surface area contributed by atoms with Crippen LogP contribution in [-0.4, -0.2) is 31.7 Å². The second-order valence-corrected chi connectivity index (χ2v) is 10.9. The molecule has 0 saturated heterocycles. The highest BCUT2D eigenvalue weighted by molar-refractivity contribution is 7.48. The Bertz CT molecular complexity index is 276. The van der Waals surface area contributed by atoms with Gasteiger partial charge in [0.05, 0.1) is 11.2 Å². The van der Waals surface area contributed by atoms with Crippen molar-refractivity contribution in [3.8, 4) is 0 Å². The highest BCUT2D eigenvalue weighted by Crippen LogP contribution is 2.55. The third-order valence-electron chi connectivity index (χ3n) is 2.83. The van der Waals surface area contributed by atoms with Crippen molar-refractivity contribution in [2.75, 3.05) is 0 Å². The standard InChI is InChI=1S/C14H30O3P/c1-11(2,15)9-13(5,6)18(17)14(7,8)10-12(3,4)16/h15-16H,9-10H2,1-8H3/q+1. The molecule has 0 rings (SSSR count). The van der Waals surface area contributed by atoms with Gasteiger partial charge in [0.1, 0.15) is 0 Å². The third kappa shape index (κ3) is 6.26. The molecule has 0 saturated carbocycles. The Balaban J connectivity index is 5.02. The Hall–Kier alpha value is 0.0200. The Morgan fingerprint density at radius 1 is 0.722 bits per heavy atom. The van der Waals surface area contributed by atoms with E-state index in [9.17, 15) is 14.8 Å². The van der Waals surface area contributed by atoms with Crippen LogP contribution in [-0.2, 0) is 4.57 Å². The van der Waals surface area contributed by atoms with Gasteiger partial charge in [-0.25, -0.2) is 0 Å². The summed E-state index contributed by atoms with van der Waals surface area (Å²) in [4.78, 5) is 0. The van der Waals surface area contributed by atoms with Crippen LogP contribution in [0.5, 0.6) is 0 Å². The largest absolute Gasteiger partial charge is 0.390 e. The molecule has 0 radical (unpaired) electrons. The van der Waals surface area contributed by atoms with Crippen LogP contribution in [0.3, 0.4) is 0 Å². The first-order valence-corrected chi connectivity index (χ1v) is 7.75. The molecule has 0 heterocycles. The predicted molar refractivity (Wildman–Crippen MR) is 77.6 cm³/mol. The smallest absolute Gasteiger partial charge is 0.350 e. The fourth-order valence-corrected chi connectivity index (χ4v) is 5.78. The van der Waals surface area contributed by atoms with Crippen molar-refractivity contribution in [2.24, 2.45) is 0 Å². The number of hydrogen-bond donors (Lipinski definition) is 2. The lowest BCUT2D eigenvalue weighted by atomic mass is 9.95. The van der Waals surface area contributed by atoms with Crippen LogP contribution in [0.2, 0.25) is 0 Å². The van der Waals surface area contributed by atoms with Gasteiger partial charge >= 0.3 is 7.80 Å². The van der Waals surface area contributed by atoms with E-state index in [0.29, 0.717) is 12.8 Å². The average molecular weight is 277 g/mol. The molecule has 0 aliphatic rings. The van der Waals surface area contributed by atoms with Crippen LogP contribution in [0.4, 0.5) is 0 Å². The summed E-state index contributed by atoms with van der Waals surface area (Å²) in [5.74, 6) is 0. The summed E-state index contributed by atoms with van der Waals surface area (Å²) in [5, 5.41) is 18.9. The molecule has 3 nitrogen and oxygen atoms in total. The average Bonchev–Trinajstić information content (AvgIpc) is 1.92. The zero-order valence-corrected chi connectivity index (χ0v) is 14.1. The van der Waals surface area contributed by atoms with E-state index in [4.69, 9.17) is 0 Å².